The number of hydrogen-bond acceptors (Lipinski definition) is 3. The van der Waals surface area contributed by atoms with Crippen molar-refractivity contribution in [2.75, 3.05) is 19.0 Å². The number of rotatable bonds is 5. The molecular weight excluding hydrogens is 276 g/mol. The van der Waals surface area contributed by atoms with E-state index in [0.717, 1.165) is 27.9 Å². The maximum atomic E-state index is 12.5. The second kappa shape index (κ2) is 5.93. The Balaban J connectivity index is 1.75. The summed E-state index contributed by atoms with van der Waals surface area (Å²) in [7, 11) is 3.59. The number of aromatic nitrogens is 1. The van der Waals surface area contributed by atoms with Crippen molar-refractivity contribution in [2.45, 2.75) is 0 Å². The fourth-order valence-corrected chi connectivity index (χ4v) is 2.55. The Hall–Kier alpha value is -2.75. The summed E-state index contributed by atoms with van der Waals surface area (Å²) in [6.07, 6.45) is 1.89. The number of hydrogen-bond donors (Lipinski definition) is 1. The van der Waals surface area contributed by atoms with Gasteiger partial charge in [0.15, 0.2) is 5.78 Å². The molecule has 3 aromatic rings. The number of aryl methyl sites for hydroxylation is 1. The van der Waals surface area contributed by atoms with Gasteiger partial charge in [-0.2, -0.15) is 0 Å². The molecule has 1 aromatic heterocycles. The fraction of sp³-hybridized carbons (Fsp3) is 0.167. The van der Waals surface area contributed by atoms with Crippen molar-refractivity contribution in [3.05, 3.63) is 60.3 Å². The smallest absolute Gasteiger partial charge is 0.184 e. The van der Waals surface area contributed by atoms with Crippen LogP contribution in [0.2, 0.25) is 0 Å². The Morgan fingerprint density at radius 2 is 1.86 bits per heavy atom. The van der Waals surface area contributed by atoms with Gasteiger partial charge in [0.1, 0.15) is 5.75 Å². The maximum Gasteiger partial charge on any atom is 0.184 e. The van der Waals surface area contributed by atoms with Crippen molar-refractivity contribution in [2.24, 2.45) is 7.05 Å². The highest BCUT2D eigenvalue weighted by Crippen LogP contribution is 2.21. The lowest BCUT2D eigenvalue weighted by Gasteiger charge is -2.06. The molecule has 0 aliphatic carbocycles. The molecule has 4 heteroatoms. The van der Waals surface area contributed by atoms with Gasteiger partial charge in [-0.15, -0.1) is 0 Å². The van der Waals surface area contributed by atoms with Crippen LogP contribution in [0, 0.1) is 0 Å². The first-order chi connectivity index (χ1) is 10.7. The maximum absolute atomic E-state index is 12.5. The van der Waals surface area contributed by atoms with Gasteiger partial charge in [0, 0.05) is 35.4 Å². The summed E-state index contributed by atoms with van der Waals surface area (Å²) in [5.74, 6) is 0.874. The molecule has 3 rings (SSSR count). The van der Waals surface area contributed by atoms with Crippen LogP contribution in [0.4, 0.5) is 5.69 Å². The van der Waals surface area contributed by atoms with Crippen molar-refractivity contribution in [3.63, 3.8) is 0 Å². The van der Waals surface area contributed by atoms with Crippen LogP contribution in [-0.4, -0.2) is 24.0 Å². The van der Waals surface area contributed by atoms with Gasteiger partial charge in [-0.3, -0.25) is 4.79 Å². The van der Waals surface area contributed by atoms with Gasteiger partial charge in [0.25, 0.3) is 0 Å². The number of carbonyl (C=O) groups is 1. The minimum atomic E-state index is 0.0765. The minimum absolute atomic E-state index is 0.0765. The third kappa shape index (κ3) is 2.68. The predicted molar refractivity (Wildman–Crippen MR) is 88.7 cm³/mol. The highest BCUT2D eigenvalue weighted by molar-refractivity contribution is 6.09. The van der Waals surface area contributed by atoms with E-state index < -0.39 is 0 Å². The van der Waals surface area contributed by atoms with E-state index >= 15 is 0 Å². The molecule has 0 saturated carbocycles. The first-order valence-electron chi connectivity index (χ1n) is 7.14. The van der Waals surface area contributed by atoms with Crippen LogP contribution in [0.15, 0.2) is 54.7 Å². The third-order valence-corrected chi connectivity index (χ3v) is 3.74. The Kier molecular flexibility index (Phi) is 3.83. The average molecular weight is 294 g/mol. The van der Waals surface area contributed by atoms with E-state index in [2.05, 4.69) is 5.32 Å². The first-order valence-corrected chi connectivity index (χ1v) is 7.14. The number of nitrogens with zero attached hydrogens (tertiary/aromatic N) is 1. The lowest BCUT2D eigenvalue weighted by atomic mass is 10.1. The van der Waals surface area contributed by atoms with Crippen LogP contribution in [0.25, 0.3) is 10.9 Å². The molecule has 0 saturated heterocycles. The summed E-state index contributed by atoms with van der Waals surface area (Å²) < 4.78 is 7.10. The molecule has 0 radical (unpaired) electrons. The molecule has 112 valence electrons. The van der Waals surface area contributed by atoms with Crippen molar-refractivity contribution >= 4 is 22.4 Å². The number of methoxy groups -OCH3 is 1. The predicted octanol–water partition coefficient (Wildman–Crippen LogP) is 3.48. The molecule has 0 fully saturated rings. The van der Waals surface area contributed by atoms with E-state index in [0.29, 0.717) is 0 Å². The van der Waals surface area contributed by atoms with Gasteiger partial charge in [-0.25, -0.2) is 0 Å². The summed E-state index contributed by atoms with van der Waals surface area (Å²) in [4.78, 5) is 12.5. The summed E-state index contributed by atoms with van der Waals surface area (Å²) in [6, 6.07) is 15.5. The van der Waals surface area contributed by atoms with E-state index in [9.17, 15) is 4.79 Å². The number of carbonyl (C=O) groups excluding carboxylic acids is 1. The Morgan fingerprint density at radius 3 is 2.59 bits per heavy atom. The number of nitrogens with one attached hydrogen (secondary N) is 1. The molecule has 0 amide bonds. The normalized spacial score (nSPS) is 10.6. The lowest BCUT2D eigenvalue weighted by Crippen LogP contribution is -2.13. The highest BCUT2D eigenvalue weighted by atomic mass is 16.5. The number of anilines is 1. The van der Waals surface area contributed by atoms with E-state index in [4.69, 9.17) is 4.74 Å². The van der Waals surface area contributed by atoms with Crippen LogP contribution >= 0.6 is 0 Å². The highest BCUT2D eigenvalue weighted by Gasteiger charge is 2.13. The Labute approximate surface area is 129 Å². The fourth-order valence-electron chi connectivity index (χ4n) is 2.55. The van der Waals surface area contributed by atoms with E-state index in [1.165, 1.54) is 0 Å². The van der Waals surface area contributed by atoms with Crippen molar-refractivity contribution < 1.29 is 9.53 Å². The van der Waals surface area contributed by atoms with Crippen LogP contribution in [-0.2, 0) is 7.05 Å². The molecule has 0 aliphatic rings. The van der Waals surface area contributed by atoms with Gasteiger partial charge >= 0.3 is 0 Å². The lowest BCUT2D eigenvalue weighted by molar-refractivity contribution is 0.101. The van der Waals surface area contributed by atoms with Crippen LogP contribution in [0.3, 0.4) is 0 Å². The third-order valence-electron chi connectivity index (χ3n) is 3.74. The SMILES string of the molecule is COc1ccc(NCC(=O)c2cn(C)c3ccccc23)cc1. The minimum Gasteiger partial charge on any atom is -0.497 e. The number of para-hydroxylation sites is 1. The molecular formula is C18H18N2O2. The Bertz CT molecular complexity index is 804. The molecule has 0 unspecified atom stereocenters. The quantitative estimate of drug-likeness (QED) is 0.733. The summed E-state index contributed by atoms with van der Waals surface area (Å²) in [5.41, 5.74) is 2.71. The van der Waals surface area contributed by atoms with Crippen LogP contribution < -0.4 is 10.1 Å². The second-order valence-electron chi connectivity index (χ2n) is 5.18. The van der Waals surface area contributed by atoms with E-state index in [1.54, 1.807) is 7.11 Å². The summed E-state index contributed by atoms with van der Waals surface area (Å²) >= 11 is 0. The van der Waals surface area contributed by atoms with E-state index in [-0.39, 0.29) is 12.3 Å². The zero-order valence-corrected chi connectivity index (χ0v) is 12.7. The standard InChI is InChI=1S/C18H18N2O2/c1-20-12-16(15-5-3-4-6-17(15)20)18(21)11-19-13-7-9-14(22-2)10-8-13/h3-10,12,19H,11H2,1-2H3. The van der Waals surface area contributed by atoms with Crippen molar-refractivity contribution in [1.82, 2.24) is 4.57 Å². The number of ether oxygens (including phenoxy) is 1. The summed E-state index contributed by atoms with van der Waals surface area (Å²) in [6.45, 7) is 0.264. The molecule has 4 nitrogen and oxygen atoms in total. The molecule has 0 bridgehead atoms. The van der Waals surface area contributed by atoms with E-state index in [1.807, 2.05) is 66.3 Å². The van der Waals surface area contributed by atoms with Crippen molar-refractivity contribution in [3.8, 4) is 5.75 Å². The zero-order valence-electron chi connectivity index (χ0n) is 12.7. The average Bonchev–Trinajstić information content (AvgIpc) is 2.91. The number of Topliss-reactive ketones (excluding diaryl/α,β-unsaturated/α-hetero) is 1. The van der Waals surface area contributed by atoms with Gasteiger partial charge < -0.3 is 14.6 Å². The number of fused-ring (bicyclic) bond motifs is 1. The van der Waals surface area contributed by atoms with Gasteiger partial charge in [-0.05, 0) is 30.3 Å². The number of benzene rings is 2. The number of ketones is 1. The second-order valence-corrected chi connectivity index (χ2v) is 5.18. The van der Waals surface area contributed by atoms with Crippen molar-refractivity contribution in [1.29, 1.82) is 0 Å². The van der Waals surface area contributed by atoms with Gasteiger partial charge in [0.05, 0.1) is 13.7 Å². The first kappa shape index (κ1) is 14.2. The monoisotopic (exact) mass is 294 g/mol. The largest absolute Gasteiger partial charge is 0.497 e. The molecule has 1 heterocycles. The molecule has 22 heavy (non-hydrogen) atoms. The molecule has 0 aliphatic heterocycles. The molecule has 1 N–H and O–H groups in total. The van der Waals surface area contributed by atoms with Crippen LogP contribution in [0.5, 0.6) is 5.75 Å². The molecule has 0 spiro atoms. The summed E-state index contributed by atoms with van der Waals surface area (Å²) in [5, 5.41) is 4.15. The topological polar surface area (TPSA) is 43.3 Å². The Morgan fingerprint density at radius 1 is 1.14 bits per heavy atom. The van der Waals surface area contributed by atoms with Gasteiger partial charge in [-0.1, -0.05) is 18.2 Å². The van der Waals surface area contributed by atoms with Gasteiger partial charge in [0.2, 0.25) is 0 Å². The molecule has 0 atom stereocenters. The van der Waals surface area contributed by atoms with Crippen LogP contribution in [0.1, 0.15) is 10.4 Å². The zero-order chi connectivity index (χ0) is 15.5. The molecule has 2 aromatic carbocycles.